The Hall–Kier alpha value is -4.12. The first kappa shape index (κ1) is 24.0. The van der Waals surface area contributed by atoms with Crippen LogP contribution < -0.4 is 19.7 Å². The number of anilines is 2. The number of fused-ring (bicyclic) bond motifs is 1. The molecule has 4 rings (SSSR count). The number of ether oxygens (including phenoxy) is 1. The summed E-state index contributed by atoms with van der Waals surface area (Å²) < 4.78 is 33.4. The number of para-hydroxylation sites is 3. The molecule has 35 heavy (non-hydrogen) atoms. The number of nitrogens with one attached hydrogen (secondary N) is 2. The lowest BCUT2D eigenvalue weighted by Gasteiger charge is -2.20. The maximum absolute atomic E-state index is 13.4. The van der Waals surface area contributed by atoms with Gasteiger partial charge in [-0.25, -0.2) is 8.42 Å². The number of carbonyl (C=O) groups excluding carboxylic acids is 1. The molecular weight excluding hydrogens is 472 g/mol. The topological polar surface area (TPSA) is 131 Å². The van der Waals surface area contributed by atoms with Gasteiger partial charge >= 0.3 is 0 Å². The van der Waals surface area contributed by atoms with Crippen molar-refractivity contribution in [1.82, 2.24) is 5.32 Å². The van der Waals surface area contributed by atoms with Crippen molar-refractivity contribution in [3.63, 3.8) is 0 Å². The zero-order valence-corrected chi connectivity index (χ0v) is 19.7. The number of carbonyl (C=O) groups is 1. The molecule has 0 aliphatic carbocycles. The molecule has 1 aliphatic heterocycles. The lowest BCUT2D eigenvalue weighted by atomic mass is 10.2. The van der Waals surface area contributed by atoms with Crippen molar-refractivity contribution in [3.8, 4) is 5.75 Å². The SMILES string of the molecule is COc1ccc(S(=O)(=O)N2CCc3ccccc32)cc1C(=O)NCCNc1ccccc1[N+](=O)[O-]. The van der Waals surface area contributed by atoms with Crippen LogP contribution in [0.2, 0.25) is 0 Å². The van der Waals surface area contributed by atoms with Crippen LogP contribution in [0.4, 0.5) is 17.1 Å². The van der Waals surface area contributed by atoms with Crippen molar-refractivity contribution in [2.45, 2.75) is 11.3 Å². The number of rotatable bonds is 9. The van der Waals surface area contributed by atoms with Gasteiger partial charge in [-0.2, -0.15) is 0 Å². The lowest BCUT2D eigenvalue weighted by Crippen LogP contribution is -2.31. The molecule has 1 amide bonds. The molecule has 3 aromatic carbocycles. The van der Waals surface area contributed by atoms with Gasteiger partial charge in [0.2, 0.25) is 0 Å². The summed E-state index contributed by atoms with van der Waals surface area (Å²) in [6.45, 7) is 0.693. The predicted molar refractivity (Wildman–Crippen MR) is 132 cm³/mol. The van der Waals surface area contributed by atoms with E-state index in [0.717, 1.165) is 5.56 Å². The Kier molecular flexibility index (Phi) is 6.87. The summed E-state index contributed by atoms with van der Waals surface area (Å²) in [5.41, 5.74) is 1.93. The van der Waals surface area contributed by atoms with Gasteiger partial charge in [-0.15, -0.1) is 0 Å². The van der Waals surface area contributed by atoms with Crippen LogP contribution in [0.25, 0.3) is 0 Å². The van der Waals surface area contributed by atoms with Crippen molar-refractivity contribution in [1.29, 1.82) is 0 Å². The van der Waals surface area contributed by atoms with E-state index < -0.39 is 20.9 Å². The van der Waals surface area contributed by atoms with E-state index in [0.29, 0.717) is 24.3 Å². The van der Waals surface area contributed by atoms with Gasteiger partial charge in [0.05, 0.1) is 28.2 Å². The number of nitro benzene ring substituents is 1. The molecule has 10 nitrogen and oxygen atoms in total. The van der Waals surface area contributed by atoms with Crippen LogP contribution in [0.3, 0.4) is 0 Å². The highest BCUT2D eigenvalue weighted by Gasteiger charge is 2.31. The van der Waals surface area contributed by atoms with E-state index in [9.17, 15) is 23.3 Å². The molecule has 0 aromatic heterocycles. The molecule has 1 aliphatic rings. The smallest absolute Gasteiger partial charge is 0.292 e. The maximum atomic E-state index is 13.4. The Bertz CT molecular complexity index is 1380. The second kappa shape index (κ2) is 10.0. The molecule has 0 bridgehead atoms. The Morgan fingerprint density at radius 2 is 1.83 bits per heavy atom. The van der Waals surface area contributed by atoms with Gasteiger partial charge in [-0.05, 0) is 42.3 Å². The molecule has 11 heteroatoms. The van der Waals surface area contributed by atoms with E-state index in [4.69, 9.17) is 4.74 Å². The number of nitrogens with zero attached hydrogens (tertiary/aromatic N) is 2. The fourth-order valence-corrected chi connectivity index (χ4v) is 5.49. The first-order valence-corrected chi connectivity index (χ1v) is 12.3. The van der Waals surface area contributed by atoms with Gasteiger partial charge in [0.1, 0.15) is 11.4 Å². The van der Waals surface area contributed by atoms with Crippen molar-refractivity contribution in [2.75, 3.05) is 36.4 Å². The number of sulfonamides is 1. The molecule has 0 spiro atoms. The molecule has 0 radical (unpaired) electrons. The molecule has 0 atom stereocenters. The van der Waals surface area contributed by atoms with Gasteiger partial charge in [0, 0.05) is 25.7 Å². The Balaban J connectivity index is 1.48. The fraction of sp³-hybridized carbons (Fsp3) is 0.208. The minimum absolute atomic E-state index is 0.0156. The van der Waals surface area contributed by atoms with Crippen LogP contribution in [-0.4, -0.2) is 46.0 Å². The largest absolute Gasteiger partial charge is 0.496 e. The zero-order valence-electron chi connectivity index (χ0n) is 18.9. The first-order valence-electron chi connectivity index (χ1n) is 10.9. The summed E-state index contributed by atoms with van der Waals surface area (Å²) >= 11 is 0. The van der Waals surface area contributed by atoms with Crippen molar-refractivity contribution in [3.05, 3.63) is 88.0 Å². The van der Waals surface area contributed by atoms with E-state index in [1.807, 2.05) is 12.1 Å². The molecule has 0 saturated carbocycles. The van der Waals surface area contributed by atoms with Crippen LogP contribution in [0, 0.1) is 10.1 Å². The predicted octanol–water partition coefficient (Wildman–Crippen LogP) is 3.20. The van der Waals surface area contributed by atoms with E-state index in [1.165, 1.54) is 35.7 Å². The lowest BCUT2D eigenvalue weighted by molar-refractivity contribution is -0.384. The summed E-state index contributed by atoms with van der Waals surface area (Å²) in [5.74, 6) is -0.292. The standard InChI is InChI=1S/C24H24N4O6S/c1-34-23-11-10-18(35(32,33)27-15-12-17-6-2-4-8-21(17)27)16-19(23)24(29)26-14-13-25-20-7-3-5-9-22(20)28(30)31/h2-11,16,25H,12-15H2,1H3,(H,26,29). The van der Waals surface area contributed by atoms with E-state index in [2.05, 4.69) is 10.6 Å². The van der Waals surface area contributed by atoms with Crippen LogP contribution in [0.1, 0.15) is 15.9 Å². The van der Waals surface area contributed by atoms with Crippen LogP contribution in [0.5, 0.6) is 5.75 Å². The third-order valence-corrected chi connectivity index (χ3v) is 7.48. The Morgan fingerprint density at radius 1 is 1.09 bits per heavy atom. The van der Waals surface area contributed by atoms with Crippen molar-refractivity contribution >= 4 is 33.0 Å². The third kappa shape index (κ3) is 4.90. The minimum Gasteiger partial charge on any atom is -0.496 e. The Labute approximate surface area is 202 Å². The van der Waals surface area contributed by atoms with Crippen molar-refractivity contribution in [2.24, 2.45) is 0 Å². The number of nitro groups is 1. The highest BCUT2D eigenvalue weighted by molar-refractivity contribution is 7.92. The highest BCUT2D eigenvalue weighted by atomic mass is 32.2. The molecule has 2 N–H and O–H groups in total. The van der Waals surface area contributed by atoms with Gasteiger partial charge < -0.3 is 15.4 Å². The molecule has 3 aromatic rings. The summed E-state index contributed by atoms with van der Waals surface area (Å²) in [4.78, 5) is 23.5. The second-order valence-electron chi connectivity index (χ2n) is 7.77. The van der Waals surface area contributed by atoms with Crippen LogP contribution in [0.15, 0.2) is 71.6 Å². The highest BCUT2D eigenvalue weighted by Crippen LogP contribution is 2.34. The quantitative estimate of drug-likeness (QED) is 0.264. The molecule has 0 saturated heterocycles. The first-order chi connectivity index (χ1) is 16.8. The third-order valence-electron chi connectivity index (χ3n) is 5.67. The number of amides is 1. The monoisotopic (exact) mass is 496 g/mol. The van der Waals surface area contributed by atoms with Gasteiger partial charge in [0.25, 0.3) is 21.6 Å². The average molecular weight is 497 g/mol. The fourth-order valence-electron chi connectivity index (χ4n) is 3.96. The van der Waals surface area contributed by atoms with Crippen molar-refractivity contribution < 1.29 is 22.9 Å². The zero-order chi connectivity index (χ0) is 25.0. The van der Waals surface area contributed by atoms with Gasteiger partial charge in [-0.3, -0.25) is 19.2 Å². The molecule has 1 heterocycles. The van der Waals surface area contributed by atoms with E-state index >= 15 is 0 Å². The van der Waals surface area contributed by atoms with Crippen LogP contribution >= 0.6 is 0 Å². The number of methoxy groups -OCH3 is 1. The normalized spacial score (nSPS) is 12.7. The minimum atomic E-state index is -3.89. The molecule has 182 valence electrons. The molecule has 0 unspecified atom stereocenters. The number of hydrogen-bond donors (Lipinski definition) is 2. The van der Waals surface area contributed by atoms with E-state index in [1.54, 1.807) is 30.3 Å². The second-order valence-corrected chi connectivity index (χ2v) is 9.64. The van der Waals surface area contributed by atoms with E-state index in [-0.39, 0.29) is 35.0 Å². The molecule has 0 fully saturated rings. The number of benzene rings is 3. The molecular formula is C24H24N4O6S. The summed E-state index contributed by atoms with van der Waals surface area (Å²) in [7, 11) is -2.49. The Morgan fingerprint density at radius 3 is 2.60 bits per heavy atom. The number of hydrogen-bond acceptors (Lipinski definition) is 7. The average Bonchev–Trinajstić information content (AvgIpc) is 3.31. The van der Waals surface area contributed by atoms with Gasteiger partial charge in [-0.1, -0.05) is 30.3 Å². The van der Waals surface area contributed by atoms with Crippen LogP contribution in [-0.2, 0) is 16.4 Å². The van der Waals surface area contributed by atoms with Gasteiger partial charge in [0.15, 0.2) is 0 Å². The summed E-state index contributed by atoms with van der Waals surface area (Å²) in [6, 6.07) is 17.7. The summed E-state index contributed by atoms with van der Waals surface area (Å²) in [6.07, 6.45) is 0.617. The summed E-state index contributed by atoms with van der Waals surface area (Å²) in [5, 5.41) is 16.7. The maximum Gasteiger partial charge on any atom is 0.292 e.